The Labute approximate surface area is 767 Å². The number of nitrogens with zero attached hydrogens (tertiary/aromatic N) is 6. The van der Waals surface area contributed by atoms with Gasteiger partial charge in [-0.15, -0.1) is 0 Å². The quantitative estimate of drug-likeness (QED) is 0.166. The number of fused-ring (bicyclic) bond motifs is 30. The second kappa shape index (κ2) is 30.0. The number of aryl methyl sites for hydroxylation is 4. The van der Waals surface area contributed by atoms with Crippen LogP contribution in [0.1, 0.15) is 22.3 Å². The van der Waals surface area contributed by atoms with Crippen LogP contribution >= 0.6 is 0 Å². The fourth-order valence-electron chi connectivity index (χ4n) is 21.9. The van der Waals surface area contributed by atoms with Crippen LogP contribution in [0.2, 0.25) is 0 Å². The van der Waals surface area contributed by atoms with E-state index in [1.165, 1.54) is 175 Å². The Morgan fingerprint density at radius 2 is 0.388 bits per heavy atom. The van der Waals surface area contributed by atoms with E-state index in [2.05, 4.69) is 480 Å². The van der Waals surface area contributed by atoms with Gasteiger partial charge in [0.1, 0.15) is 44.7 Å². The smallest absolute Gasteiger partial charge is 0.138 e. The zero-order valence-corrected chi connectivity index (χ0v) is 73.7. The lowest BCUT2D eigenvalue weighted by Gasteiger charge is -2.10. The van der Waals surface area contributed by atoms with Crippen LogP contribution in [0.3, 0.4) is 0 Å². The van der Waals surface area contributed by atoms with E-state index in [0.29, 0.717) is 0 Å². The topological polar surface area (TPSA) is 82.1 Å². The molecule has 30 rings (SSSR count). The summed E-state index contributed by atoms with van der Waals surface area (Å²) in [6, 6.07) is 152. The molecular formula is C124H82N6O4. The summed E-state index contributed by atoms with van der Waals surface area (Å²) in [6.07, 6.45) is 0. The number of aromatic nitrogens is 6. The minimum atomic E-state index is 0.916. The molecule has 0 fully saturated rings. The number of hydrogen-bond acceptors (Lipinski definition) is 4. The molecule has 0 unspecified atom stereocenters. The van der Waals surface area contributed by atoms with Crippen LogP contribution in [0.5, 0.6) is 0 Å². The van der Waals surface area contributed by atoms with E-state index in [1.54, 1.807) is 0 Å². The van der Waals surface area contributed by atoms with E-state index in [0.717, 1.165) is 100 Å². The van der Waals surface area contributed by atoms with Crippen molar-refractivity contribution in [3.8, 4) is 34.1 Å². The first-order chi connectivity index (χ1) is 66.1. The monoisotopic (exact) mass is 1720 g/mol. The highest BCUT2D eigenvalue weighted by Crippen LogP contribution is 2.46. The highest BCUT2D eigenvalue weighted by Gasteiger charge is 2.25. The summed E-state index contributed by atoms with van der Waals surface area (Å²) >= 11 is 0. The van der Waals surface area contributed by atoms with E-state index >= 15 is 0 Å². The van der Waals surface area contributed by atoms with Gasteiger partial charge in [0.05, 0.1) is 88.3 Å². The summed E-state index contributed by atoms with van der Waals surface area (Å²) in [4.78, 5) is 0. The Morgan fingerprint density at radius 3 is 0.776 bits per heavy atom. The summed E-state index contributed by atoms with van der Waals surface area (Å²) in [6.45, 7) is 8.46. The normalized spacial score (nSPS) is 12.0. The molecule has 0 saturated heterocycles. The fraction of sp³-hybridized carbons (Fsp3) is 0.0323. The predicted molar refractivity (Wildman–Crippen MR) is 560 cm³/mol. The molecule has 10 heteroatoms. The molecule has 0 aliphatic rings. The maximum absolute atomic E-state index is 6.25. The molecule has 0 atom stereocenters. The summed E-state index contributed by atoms with van der Waals surface area (Å²) in [5, 5.41) is 24.4. The fourth-order valence-corrected chi connectivity index (χ4v) is 21.9. The number of benzene rings is 20. The van der Waals surface area contributed by atoms with E-state index in [9.17, 15) is 0 Å². The van der Waals surface area contributed by atoms with Gasteiger partial charge in [0.15, 0.2) is 0 Å². The van der Waals surface area contributed by atoms with Crippen LogP contribution in [0.4, 0.5) is 0 Å². The van der Waals surface area contributed by atoms with E-state index < -0.39 is 0 Å². The number of hydrogen-bond donors (Lipinski definition) is 0. The maximum Gasteiger partial charge on any atom is 0.138 e. The Kier molecular flexibility index (Phi) is 17.1. The summed E-state index contributed by atoms with van der Waals surface area (Å²) in [5.41, 5.74) is 33.7. The molecule has 0 saturated carbocycles. The zero-order valence-electron chi connectivity index (χ0n) is 73.7. The van der Waals surface area contributed by atoms with Crippen molar-refractivity contribution >= 4 is 219 Å². The summed E-state index contributed by atoms with van der Waals surface area (Å²) in [7, 11) is 0. The van der Waals surface area contributed by atoms with Gasteiger partial charge >= 0.3 is 0 Å². The van der Waals surface area contributed by atoms with Crippen LogP contribution in [0.25, 0.3) is 253 Å². The largest absolute Gasteiger partial charge is 0.456 e. The lowest BCUT2D eigenvalue weighted by Crippen LogP contribution is -1.95. The molecule has 20 aromatic carbocycles. The third kappa shape index (κ3) is 11.7. The molecule has 10 aromatic heterocycles. The van der Waals surface area contributed by atoms with E-state index in [1.807, 2.05) is 0 Å². The molecule has 0 bridgehead atoms. The van der Waals surface area contributed by atoms with Crippen molar-refractivity contribution in [1.29, 1.82) is 0 Å². The van der Waals surface area contributed by atoms with Gasteiger partial charge < -0.3 is 45.1 Å². The predicted octanol–water partition coefficient (Wildman–Crippen LogP) is 34.2. The summed E-state index contributed by atoms with van der Waals surface area (Å²) < 4.78 is 39.1. The average molecular weight is 1720 g/mol. The first-order valence-electron chi connectivity index (χ1n) is 45.8. The SMILES string of the molecule is Cc1ccc2oc3ccc(-n4c5ccccc5c5cc(-n6c7ccccc7c7ccccc76)ccc54)cc3c2c1.Cc1ccc2oc3cccc(-n4c5ccccc5c5ccccc54)c3c2c1.Cc1cccc2c1oc1ccc(-n3c4ccccc4c4cc(-n5c6ccccc6c6ccccc65)ccc43)cc12.Cc1cccc2c1oc1cccc(-n3c4ccccc4c4ccccc43)c12. The van der Waals surface area contributed by atoms with Crippen LogP contribution in [-0.4, -0.2) is 27.4 Å². The first kappa shape index (κ1) is 76.4. The third-order valence-corrected chi connectivity index (χ3v) is 27.8. The Hall–Kier alpha value is -17.6. The molecule has 0 radical (unpaired) electrons. The van der Waals surface area contributed by atoms with Gasteiger partial charge in [-0.05, 0) is 221 Å². The molecule has 0 amide bonds. The van der Waals surface area contributed by atoms with Gasteiger partial charge in [0, 0.05) is 120 Å². The second-order valence-electron chi connectivity index (χ2n) is 35.6. The van der Waals surface area contributed by atoms with Crippen molar-refractivity contribution in [2.24, 2.45) is 0 Å². The number of rotatable bonds is 6. The van der Waals surface area contributed by atoms with Crippen LogP contribution < -0.4 is 0 Å². The maximum atomic E-state index is 6.25. The molecule has 30 aromatic rings. The minimum Gasteiger partial charge on any atom is -0.456 e. The van der Waals surface area contributed by atoms with Crippen molar-refractivity contribution < 1.29 is 17.7 Å². The van der Waals surface area contributed by atoms with Gasteiger partial charge in [0.2, 0.25) is 0 Å². The van der Waals surface area contributed by atoms with Crippen molar-refractivity contribution in [2.75, 3.05) is 0 Å². The standard InChI is InChI=1S/2C37H24N2O.2C25H17NO/c1-23-9-8-13-29-31-22-25(18-20-36(31)40-37(23)29)39-34-16-7-4-12-28(34)30-21-24(17-19-35(30)39)38-32-14-5-2-10-26(32)27-11-3-6-15-33(27)38;1-23-14-18-36-30(20-23)31-22-25(16-19-37(31)40-36)39-34-13-7-4-10-28(34)29-21-24(15-17-35(29)39)38-32-11-5-2-8-26(32)27-9-3-6-12-33(27)38;1-16-8-6-11-19-24-22(14-7-15-23(24)27-25(16)19)26-20-12-4-2-9-17(20)18-10-3-5-13-21(18)26;1-16-13-14-23-19(15-16)25-22(11-6-12-24(25)27-23)26-20-9-4-2-7-17(20)18-8-3-5-10-21(18)26/h2*2-22H,1H3;2*2-15H,1H3. The lowest BCUT2D eigenvalue weighted by molar-refractivity contribution is 0.665. The molecule has 10 heterocycles. The van der Waals surface area contributed by atoms with Gasteiger partial charge in [-0.3, -0.25) is 0 Å². The Balaban J connectivity index is 0.0000000925. The number of furan rings is 4. The lowest BCUT2D eigenvalue weighted by atomic mass is 10.1. The highest BCUT2D eigenvalue weighted by molar-refractivity contribution is 6.20. The average Bonchev–Trinajstić information content (AvgIpc) is 1.58. The first-order valence-corrected chi connectivity index (χ1v) is 45.8. The number of para-hydroxylation sites is 12. The Morgan fingerprint density at radius 1 is 0.149 bits per heavy atom. The molecule has 0 aliphatic heterocycles. The van der Waals surface area contributed by atoms with Gasteiger partial charge in [-0.25, -0.2) is 0 Å². The molecule has 10 nitrogen and oxygen atoms in total. The summed E-state index contributed by atoms with van der Waals surface area (Å²) in [5.74, 6) is 0. The van der Waals surface area contributed by atoms with Crippen molar-refractivity contribution in [3.05, 3.63) is 447 Å². The van der Waals surface area contributed by atoms with Crippen LogP contribution in [0, 0.1) is 27.7 Å². The van der Waals surface area contributed by atoms with Gasteiger partial charge in [-0.1, -0.05) is 254 Å². The molecular weight excluding hydrogens is 1640 g/mol. The second-order valence-corrected chi connectivity index (χ2v) is 35.6. The molecule has 0 aliphatic carbocycles. The Bertz CT molecular complexity index is 9550. The van der Waals surface area contributed by atoms with Crippen molar-refractivity contribution in [3.63, 3.8) is 0 Å². The highest BCUT2D eigenvalue weighted by atomic mass is 16.3. The van der Waals surface area contributed by atoms with Crippen molar-refractivity contribution in [2.45, 2.75) is 27.7 Å². The third-order valence-electron chi connectivity index (χ3n) is 27.8. The van der Waals surface area contributed by atoms with Gasteiger partial charge in [-0.2, -0.15) is 0 Å². The molecule has 0 spiro atoms. The van der Waals surface area contributed by atoms with Crippen LogP contribution in [0.15, 0.2) is 442 Å². The van der Waals surface area contributed by atoms with Gasteiger partial charge in [0.25, 0.3) is 0 Å². The van der Waals surface area contributed by atoms with Crippen LogP contribution in [-0.2, 0) is 0 Å². The zero-order chi connectivity index (χ0) is 88.7. The minimum absolute atomic E-state index is 0.916. The molecule has 134 heavy (non-hydrogen) atoms. The van der Waals surface area contributed by atoms with E-state index in [-0.39, 0.29) is 0 Å². The molecule has 0 N–H and O–H groups in total. The molecule has 632 valence electrons. The van der Waals surface area contributed by atoms with E-state index in [4.69, 9.17) is 17.7 Å². The van der Waals surface area contributed by atoms with Crippen molar-refractivity contribution in [1.82, 2.24) is 27.4 Å².